The second-order valence-electron chi connectivity index (χ2n) is 5.96. The Morgan fingerprint density at radius 2 is 1.65 bits per heavy atom. The molecule has 0 fully saturated rings. The number of rotatable bonds is 7. The average molecular weight is 348 g/mol. The van der Waals surface area contributed by atoms with Gasteiger partial charge in [-0.3, -0.25) is 9.59 Å². The number of hydrogen-bond acceptors (Lipinski definition) is 2. The molecule has 0 saturated carbocycles. The van der Waals surface area contributed by atoms with Gasteiger partial charge in [-0.25, -0.2) is 0 Å². The number of nitrogens with one attached hydrogen (secondary N) is 1. The van der Waals surface area contributed by atoms with Crippen molar-refractivity contribution in [1.29, 1.82) is 0 Å². The standard InChI is InChI=1S/C22H24N2O2/c1-4-15-23-21(25)20(16-17(2)18-11-7-5-8-12-18)22(26)24(3)19-13-9-6-10-14-19/h4-14,16,20H,1,15H2,2-3H3,(H,23,25)/b17-16+. The molecule has 2 amide bonds. The van der Waals surface area contributed by atoms with E-state index in [1.807, 2.05) is 67.6 Å². The number of para-hydroxylation sites is 1. The summed E-state index contributed by atoms with van der Waals surface area (Å²) in [7, 11) is 1.68. The Kier molecular flexibility index (Phi) is 6.92. The number of hydrogen-bond donors (Lipinski definition) is 1. The summed E-state index contributed by atoms with van der Waals surface area (Å²) in [5, 5.41) is 2.73. The van der Waals surface area contributed by atoms with Crippen LogP contribution in [0.2, 0.25) is 0 Å². The number of anilines is 1. The lowest BCUT2D eigenvalue weighted by molar-refractivity contribution is -0.131. The monoisotopic (exact) mass is 348 g/mol. The molecule has 0 aromatic heterocycles. The molecule has 0 aliphatic carbocycles. The zero-order valence-corrected chi connectivity index (χ0v) is 15.2. The fraction of sp³-hybridized carbons (Fsp3) is 0.182. The van der Waals surface area contributed by atoms with Gasteiger partial charge in [-0.05, 0) is 30.2 Å². The van der Waals surface area contributed by atoms with Crippen LogP contribution in [0.3, 0.4) is 0 Å². The first-order chi connectivity index (χ1) is 12.5. The highest BCUT2D eigenvalue weighted by atomic mass is 16.2. The number of amides is 2. The van der Waals surface area contributed by atoms with Gasteiger partial charge in [0.25, 0.3) is 0 Å². The first-order valence-electron chi connectivity index (χ1n) is 8.49. The number of allylic oxidation sites excluding steroid dienone is 1. The Balaban J connectivity index is 2.32. The van der Waals surface area contributed by atoms with Crippen LogP contribution in [-0.2, 0) is 9.59 Å². The molecule has 2 aromatic carbocycles. The SMILES string of the molecule is C=CCNC(=O)C(/C=C(\C)c1ccccc1)C(=O)N(C)c1ccccc1. The summed E-state index contributed by atoms with van der Waals surface area (Å²) in [5.41, 5.74) is 2.59. The van der Waals surface area contributed by atoms with Gasteiger partial charge < -0.3 is 10.2 Å². The number of benzene rings is 2. The fourth-order valence-electron chi connectivity index (χ4n) is 2.58. The van der Waals surface area contributed by atoms with Crippen LogP contribution in [0.25, 0.3) is 5.57 Å². The zero-order valence-electron chi connectivity index (χ0n) is 15.2. The van der Waals surface area contributed by atoms with E-state index in [4.69, 9.17) is 0 Å². The second kappa shape index (κ2) is 9.37. The van der Waals surface area contributed by atoms with E-state index in [-0.39, 0.29) is 11.8 Å². The van der Waals surface area contributed by atoms with E-state index in [0.717, 1.165) is 16.8 Å². The smallest absolute Gasteiger partial charge is 0.243 e. The van der Waals surface area contributed by atoms with Crippen LogP contribution in [-0.4, -0.2) is 25.4 Å². The third kappa shape index (κ3) is 4.93. The third-order valence-electron chi connectivity index (χ3n) is 4.09. The highest BCUT2D eigenvalue weighted by Gasteiger charge is 2.28. The van der Waals surface area contributed by atoms with Gasteiger partial charge in [0.2, 0.25) is 11.8 Å². The highest BCUT2D eigenvalue weighted by molar-refractivity contribution is 6.09. The number of carbonyl (C=O) groups excluding carboxylic acids is 2. The van der Waals surface area contributed by atoms with Gasteiger partial charge in [-0.15, -0.1) is 6.58 Å². The molecule has 4 nitrogen and oxygen atoms in total. The minimum atomic E-state index is -0.916. The molecule has 0 radical (unpaired) electrons. The van der Waals surface area contributed by atoms with Crippen LogP contribution < -0.4 is 10.2 Å². The normalized spacial score (nSPS) is 12.2. The van der Waals surface area contributed by atoms with E-state index >= 15 is 0 Å². The number of carbonyl (C=O) groups is 2. The molecular formula is C22H24N2O2. The Morgan fingerprint density at radius 3 is 2.23 bits per heavy atom. The Hall–Kier alpha value is -3.14. The van der Waals surface area contributed by atoms with E-state index in [0.29, 0.717) is 6.54 Å². The molecule has 2 aromatic rings. The minimum absolute atomic E-state index is 0.284. The summed E-state index contributed by atoms with van der Waals surface area (Å²) in [6, 6.07) is 19.0. The summed E-state index contributed by atoms with van der Waals surface area (Å²) in [6.45, 7) is 5.82. The molecule has 4 heteroatoms. The molecule has 134 valence electrons. The van der Waals surface area contributed by atoms with Crippen LogP contribution in [0.4, 0.5) is 5.69 Å². The number of nitrogens with zero attached hydrogens (tertiary/aromatic N) is 1. The van der Waals surface area contributed by atoms with Gasteiger partial charge in [-0.2, -0.15) is 0 Å². The minimum Gasteiger partial charge on any atom is -0.352 e. The summed E-state index contributed by atoms with van der Waals surface area (Å²) in [5.74, 6) is -1.54. The predicted molar refractivity (Wildman–Crippen MR) is 107 cm³/mol. The van der Waals surface area contributed by atoms with Crippen LogP contribution in [0, 0.1) is 5.92 Å². The van der Waals surface area contributed by atoms with E-state index in [1.165, 1.54) is 4.90 Å². The van der Waals surface area contributed by atoms with Crippen LogP contribution in [0.5, 0.6) is 0 Å². The first kappa shape index (κ1) is 19.2. The maximum absolute atomic E-state index is 13.0. The average Bonchev–Trinajstić information content (AvgIpc) is 2.70. The topological polar surface area (TPSA) is 49.4 Å². The first-order valence-corrected chi connectivity index (χ1v) is 8.49. The molecule has 0 aliphatic rings. The molecule has 26 heavy (non-hydrogen) atoms. The summed E-state index contributed by atoms with van der Waals surface area (Å²) < 4.78 is 0. The van der Waals surface area contributed by atoms with Crippen molar-refractivity contribution in [3.63, 3.8) is 0 Å². The lowest BCUT2D eigenvalue weighted by Crippen LogP contribution is -2.41. The molecular weight excluding hydrogens is 324 g/mol. The Bertz CT molecular complexity index is 782. The van der Waals surface area contributed by atoms with Crippen molar-refractivity contribution < 1.29 is 9.59 Å². The lowest BCUT2D eigenvalue weighted by Gasteiger charge is -2.22. The third-order valence-corrected chi connectivity index (χ3v) is 4.09. The van der Waals surface area contributed by atoms with Gasteiger partial charge in [0, 0.05) is 19.3 Å². The molecule has 1 atom stereocenters. The molecule has 1 N–H and O–H groups in total. The van der Waals surface area contributed by atoms with Crippen molar-refractivity contribution in [2.24, 2.45) is 5.92 Å². The van der Waals surface area contributed by atoms with Gasteiger partial charge in [-0.1, -0.05) is 60.7 Å². The van der Waals surface area contributed by atoms with Gasteiger partial charge >= 0.3 is 0 Å². The molecule has 0 saturated heterocycles. The van der Waals surface area contributed by atoms with Gasteiger partial charge in [0.05, 0.1) is 0 Å². The van der Waals surface area contributed by atoms with E-state index < -0.39 is 5.92 Å². The predicted octanol–water partition coefficient (Wildman–Crippen LogP) is 3.67. The van der Waals surface area contributed by atoms with E-state index in [2.05, 4.69) is 11.9 Å². The lowest BCUT2D eigenvalue weighted by atomic mass is 9.99. The molecule has 0 bridgehead atoms. The maximum Gasteiger partial charge on any atom is 0.243 e. The fourth-order valence-corrected chi connectivity index (χ4v) is 2.58. The highest BCUT2D eigenvalue weighted by Crippen LogP contribution is 2.20. The molecule has 0 spiro atoms. The second-order valence-corrected chi connectivity index (χ2v) is 5.96. The Labute approximate surface area is 154 Å². The quantitative estimate of drug-likeness (QED) is 0.613. The van der Waals surface area contributed by atoms with Crippen LogP contribution in [0.15, 0.2) is 79.4 Å². The molecule has 2 rings (SSSR count). The van der Waals surface area contributed by atoms with Crippen molar-refractivity contribution in [1.82, 2.24) is 5.32 Å². The summed E-state index contributed by atoms with van der Waals surface area (Å²) in [6.07, 6.45) is 3.31. The van der Waals surface area contributed by atoms with Gasteiger partial charge in [0.1, 0.15) is 5.92 Å². The van der Waals surface area contributed by atoms with Crippen molar-refractivity contribution in [2.45, 2.75) is 6.92 Å². The summed E-state index contributed by atoms with van der Waals surface area (Å²) >= 11 is 0. The van der Waals surface area contributed by atoms with Crippen molar-refractivity contribution in [2.75, 3.05) is 18.5 Å². The summed E-state index contributed by atoms with van der Waals surface area (Å²) in [4.78, 5) is 27.1. The van der Waals surface area contributed by atoms with Crippen molar-refractivity contribution >= 4 is 23.1 Å². The molecule has 0 aliphatic heterocycles. The largest absolute Gasteiger partial charge is 0.352 e. The zero-order chi connectivity index (χ0) is 18.9. The van der Waals surface area contributed by atoms with E-state index in [1.54, 1.807) is 19.2 Å². The van der Waals surface area contributed by atoms with E-state index in [9.17, 15) is 9.59 Å². The Morgan fingerprint density at radius 1 is 1.08 bits per heavy atom. The molecule has 0 heterocycles. The van der Waals surface area contributed by atoms with Gasteiger partial charge in [0.15, 0.2) is 0 Å². The van der Waals surface area contributed by atoms with Crippen LogP contribution in [0.1, 0.15) is 12.5 Å². The van der Waals surface area contributed by atoms with Crippen molar-refractivity contribution in [3.8, 4) is 0 Å². The van der Waals surface area contributed by atoms with Crippen molar-refractivity contribution in [3.05, 3.63) is 85.0 Å². The van der Waals surface area contributed by atoms with Crippen LogP contribution >= 0.6 is 0 Å². The maximum atomic E-state index is 13.0. The molecule has 1 unspecified atom stereocenters.